The van der Waals surface area contributed by atoms with Gasteiger partial charge >= 0.3 is 0 Å². The van der Waals surface area contributed by atoms with Gasteiger partial charge in [0.15, 0.2) is 4.96 Å². The quantitative estimate of drug-likeness (QED) is 0.343. The van der Waals surface area contributed by atoms with Crippen LogP contribution in [0.4, 0.5) is 0 Å². The molecule has 0 bridgehead atoms. The van der Waals surface area contributed by atoms with Gasteiger partial charge in [0, 0.05) is 15.6 Å². The second kappa shape index (κ2) is 8.00. The molecule has 0 radical (unpaired) electrons. The molecule has 0 fully saturated rings. The van der Waals surface area contributed by atoms with Gasteiger partial charge in [0.2, 0.25) is 0 Å². The van der Waals surface area contributed by atoms with Crippen molar-refractivity contribution in [3.05, 3.63) is 102 Å². The minimum atomic E-state index is -0.0626. The number of halogens is 2. The summed E-state index contributed by atoms with van der Waals surface area (Å²) in [6.07, 6.45) is 1.87. The number of hydrogen-bond donors (Lipinski definition) is 0. The van der Waals surface area contributed by atoms with Crippen molar-refractivity contribution in [2.75, 3.05) is 0 Å². The summed E-state index contributed by atoms with van der Waals surface area (Å²) in [7, 11) is 0. The van der Waals surface area contributed by atoms with E-state index in [0.717, 1.165) is 27.7 Å². The predicted octanol–water partition coefficient (Wildman–Crippen LogP) is 5.65. The number of nitrogens with zero attached hydrogens (tertiary/aromatic N) is 2. The van der Waals surface area contributed by atoms with E-state index in [1.807, 2.05) is 61.5 Å². The second-order valence-electron chi connectivity index (χ2n) is 7.19. The number of aryl methyl sites for hydroxylation is 1. The fourth-order valence-electron chi connectivity index (χ4n) is 3.47. The summed E-state index contributed by atoms with van der Waals surface area (Å²) in [5.74, 6) is 0.689. The topological polar surface area (TPSA) is 43.6 Å². The van der Waals surface area contributed by atoms with Crippen molar-refractivity contribution in [2.45, 2.75) is 13.5 Å². The molecule has 0 aliphatic carbocycles. The number of rotatable bonds is 4. The van der Waals surface area contributed by atoms with E-state index in [1.165, 1.54) is 11.3 Å². The summed E-state index contributed by atoms with van der Waals surface area (Å²) in [5, 5.41) is 1.15. The molecule has 5 aromatic rings. The van der Waals surface area contributed by atoms with Crippen LogP contribution < -0.4 is 14.8 Å². The molecule has 0 unspecified atom stereocenters. The molecular formula is C24H16Cl2N2O2S. The zero-order chi connectivity index (χ0) is 21.5. The second-order valence-corrected chi connectivity index (χ2v) is 9.04. The zero-order valence-electron chi connectivity index (χ0n) is 16.4. The molecule has 31 heavy (non-hydrogen) atoms. The van der Waals surface area contributed by atoms with Gasteiger partial charge in [-0.15, -0.1) is 0 Å². The lowest BCUT2D eigenvalue weighted by Crippen LogP contribution is -2.22. The first kappa shape index (κ1) is 20.1. The maximum absolute atomic E-state index is 13.0. The third-order valence-corrected chi connectivity index (χ3v) is 6.59. The molecule has 4 nitrogen and oxygen atoms in total. The van der Waals surface area contributed by atoms with Crippen molar-refractivity contribution >= 4 is 56.6 Å². The van der Waals surface area contributed by atoms with Crippen LogP contribution in [-0.4, -0.2) is 9.38 Å². The molecule has 0 atom stereocenters. The Hall–Kier alpha value is -2.86. The number of para-hydroxylation sites is 1. The maximum Gasteiger partial charge on any atom is 0.274 e. The summed E-state index contributed by atoms with van der Waals surface area (Å²) in [5.41, 5.74) is 4.43. The lowest BCUT2D eigenvalue weighted by Gasteiger charge is -2.08. The lowest BCUT2D eigenvalue weighted by atomic mass is 10.2. The number of benzene rings is 3. The van der Waals surface area contributed by atoms with Crippen LogP contribution in [0, 0.1) is 6.92 Å². The van der Waals surface area contributed by atoms with Crippen molar-refractivity contribution in [2.24, 2.45) is 0 Å². The van der Waals surface area contributed by atoms with E-state index in [2.05, 4.69) is 4.98 Å². The molecule has 0 aliphatic heterocycles. The number of thiazole rings is 1. The van der Waals surface area contributed by atoms with Gasteiger partial charge < -0.3 is 4.74 Å². The standard InChI is InChI=1S/C24H16Cl2N2O2S/c1-14-4-2-7-20-22(14)27-24-28(20)23(29)21(31-24)11-15-5-3-6-18(10-15)30-13-16-8-9-17(25)12-19(16)26/h2-12H,13H2,1H3/b21-11-. The van der Waals surface area contributed by atoms with Crippen LogP contribution >= 0.6 is 34.5 Å². The summed E-state index contributed by atoms with van der Waals surface area (Å²) < 4.78 is 8.21. The van der Waals surface area contributed by atoms with Gasteiger partial charge in [-0.2, -0.15) is 0 Å². The first-order valence-electron chi connectivity index (χ1n) is 9.59. The van der Waals surface area contributed by atoms with Gasteiger partial charge in [-0.3, -0.25) is 4.79 Å². The van der Waals surface area contributed by atoms with Crippen molar-refractivity contribution in [1.82, 2.24) is 9.38 Å². The Morgan fingerprint density at radius 3 is 2.77 bits per heavy atom. The Morgan fingerprint density at radius 1 is 1.10 bits per heavy atom. The first-order chi connectivity index (χ1) is 15.0. The third-order valence-electron chi connectivity index (χ3n) is 5.04. The Morgan fingerprint density at radius 2 is 1.94 bits per heavy atom. The number of hydrogen-bond acceptors (Lipinski definition) is 4. The number of imidazole rings is 1. The number of aromatic nitrogens is 2. The molecule has 5 rings (SSSR count). The van der Waals surface area contributed by atoms with Gasteiger partial charge in [-0.25, -0.2) is 9.38 Å². The van der Waals surface area contributed by atoms with E-state index in [1.54, 1.807) is 16.5 Å². The van der Waals surface area contributed by atoms with Gasteiger partial charge in [-0.05, 0) is 54.5 Å². The van der Waals surface area contributed by atoms with Crippen LogP contribution in [0.5, 0.6) is 5.75 Å². The van der Waals surface area contributed by atoms with Gasteiger partial charge in [-0.1, -0.05) is 64.9 Å². The lowest BCUT2D eigenvalue weighted by molar-refractivity contribution is 0.306. The fourth-order valence-corrected chi connectivity index (χ4v) is 4.91. The van der Waals surface area contributed by atoms with Crippen LogP contribution in [0.2, 0.25) is 10.0 Å². The Kier molecular flexibility index (Phi) is 5.18. The SMILES string of the molecule is Cc1cccc2c1nc1s/c(=C\c3cccc(OCc4ccc(Cl)cc4Cl)c3)c(=O)n12. The highest BCUT2D eigenvalue weighted by molar-refractivity contribution is 7.15. The number of ether oxygens (including phenoxy) is 1. The van der Waals surface area contributed by atoms with Gasteiger partial charge in [0.25, 0.3) is 5.56 Å². The average Bonchev–Trinajstić information content (AvgIpc) is 3.25. The van der Waals surface area contributed by atoms with Gasteiger partial charge in [0.05, 0.1) is 15.6 Å². The van der Waals surface area contributed by atoms with Crippen LogP contribution in [0.15, 0.2) is 65.5 Å². The minimum Gasteiger partial charge on any atom is -0.489 e. The summed E-state index contributed by atoms with van der Waals surface area (Å²) in [4.78, 5) is 18.4. The van der Waals surface area contributed by atoms with E-state index in [9.17, 15) is 4.79 Å². The van der Waals surface area contributed by atoms with Crippen molar-refractivity contribution in [3.63, 3.8) is 0 Å². The molecule has 0 saturated carbocycles. The Labute approximate surface area is 191 Å². The molecular weight excluding hydrogens is 451 g/mol. The summed E-state index contributed by atoms with van der Waals surface area (Å²) in [6.45, 7) is 2.32. The molecule has 0 aliphatic rings. The van der Waals surface area contributed by atoms with E-state index >= 15 is 0 Å². The largest absolute Gasteiger partial charge is 0.489 e. The molecule has 0 amide bonds. The van der Waals surface area contributed by atoms with Crippen molar-refractivity contribution < 1.29 is 4.74 Å². The normalized spacial score (nSPS) is 12.2. The molecule has 0 saturated heterocycles. The van der Waals surface area contributed by atoms with Crippen LogP contribution in [0.1, 0.15) is 16.7 Å². The van der Waals surface area contributed by atoms with E-state index in [4.69, 9.17) is 27.9 Å². The highest BCUT2D eigenvalue weighted by Crippen LogP contribution is 2.23. The van der Waals surface area contributed by atoms with Crippen LogP contribution in [0.3, 0.4) is 0 Å². The smallest absolute Gasteiger partial charge is 0.274 e. The minimum absolute atomic E-state index is 0.0626. The monoisotopic (exact) mass is 466 g/mol. The molecule has 3 aromatic carbocycles. The van der Waals surface area contributed by atoms with E-state index < -0.39 is 0 Å². The molecule has 0 N–H and O–H groups in total. The fraction of sp³-hybridized carbons (Fsp3) is 0.0833. The molecule has 0 spiro atoms. The zero-order valence-corrected chi connectivity index (χ0v) is 18.8. The Balaban J connectivity index is 1.47. The summed E-state index contributed by atoms with van der Waals surface area (Å²) in [6, 6.07) is 18.8. The molecule has 2 aromatic heterocycles. The first-order valence-corrected chi connectivity index (χ1v) is 11.2. The van der Waals surface area contributed by atoms with Gasteiger partial charge in [0.1, 0.15) is 12.4 Å². The van der Waals surface area contributed by atoms with E-state index in [0.29, 0.717) is 31.9 Å². The Bertz CT molecular complexity index is 1560. The van der Waals surface area contributed by atoms with E-state index in [-0.39, 0.29) is 5.56 Å². The molecule has 7 heteroatoms. The predicted molar refractivity (Wildman–Crippen MR) is 128 cm³/mol. The highest BCUT2D eigenvalue weighted by atomic mass is 35.5. The average molecular weight is 467 g/mol. The van der Waals surface area contributed by atoms with Crippen molar-refractivity contribution in [3.8, 4) is 5.75 Å². The summed E-state index contributed by atoms with van der Waals surface area (Å²) >= 11 is 13.5. The van der Waals surface area contributed by atoms with Crippen LogP contribution in [0.25, 0.3) is 22.1 Å². The third kappa shape index (κ3) is 3.81. The highest BCUT2D eigenvalue weighted by Gasteiger charge is 2.12. The van der Waals surface area contributed by atoms with Crippen LogP contribution in [-0.2, 0) is 6.61 Å². The molecule has 154 valence electrons. The maximum atomic E-state index is 13.0. The number of fused-ring (bicyclic) bond motifs is 3. The van der Waals surface area contributed by atoms with Crippen molar-refractivity contribution in [1.29, 1.82) is 0 Å². The molecule has 2 heterocycles.